The molecule has 2 aromatic heterocycles. The molecule has 5 rings (SSSR count). The van der Waals surface area contributed by atoms with Crippen LogP contribution < -0.4 is 9.47 Å². The van der Waals surface area contributed by atoms with Crippen LogP contribution >= 0.6 is 22.7 Å². The van der Waals surface area contributed by atoms with Crippen molar-refractivity contribution in [1.29, 1.82) is 0 Å². The van der Waals surface area contributed by atoms with E-state index in [1.165, 1.54) is 9.75 Å². The second-order valence-corrected chi connectivity index (χ2v) is 13.2. The SMILES string of the molecule is C=C/C=C\c1c(C)c(OC)c2c(C#Cc3ccc(C(C)C)s3)c3ccccc3c(C#Cc3ccc(C(C)C)s3)c2c1OC. The molecule has 0 atom stereocenters. The quantitative estimate of drug-likeness (QED) is 0.110. The molecule has 0 saturated carbocycles. The lowest BCUT2D eigenvalue weighted by Gasteiger charge is -2.21. The van der Waals surface area contributed by atoms with Crippen LogP contribution in [0.1, 0.15) is 81.3 Å². The normalized spacial score (nSPS) is 11.2. The molecule has 0 amide bonds. The van der Waals surface area contributed by atoms with Crippen molar-refractivity contribution in [2.45, 2.75) is 46.5 Å². The molecule has 3 aromatic carbocycles. The molecule has 0 spiro atoms. The molecule has 43 heavy (non-hydrogen) atoms. The van der Waals surface area contributed by atoms with Crippen LogP contribution in [-0.2, 0) is 0 Å². The van der Waals surface area contributed by atoms with E-state index in [2.05, 4.69) is 113 Å². The maximum Gasteiger partial charge on any atom is 0.135 e. The zero-order valence-electron chi connectivity index (χ0n) is 25.8. The topological polar surface area (TPSA) is 18.5 Å². The molecule has 0 unspecified atom stereocenters. The van der Waals surface area contributed by atoms with Gasteiger partial charge in [-0.25, -0.2) is 0 Å². The average molecular weight is 601 g/mol. The number of methoxy groups -OCH3 is 2. The predicted octanol–water partition coefficient (Wildman–Crippen LogP) is 10.7. The summed E-state index contributed by atoms with van der Waals surface area (Å²) in [5, 5.41) is 3.89. The van der Waals surface area contributed by atoms with Crippen LogP contribution in [0.2, 0.25) is 0 Å². The van der Waals surface area contributed by atoms with E-state index in [4.69, 9.17) is 9.47 Å². The van der Waals surface area contributed by atoms with Gasteiger partial charge in [-0.05, 0) is 53.8 Å². The fourth-order valence-corrected chi connectivity index (χ4v) is 7.04. The minimum Gasteiger partial charge on any atom is -0.496 e. The molecule has 4 heteroatoms. The lowest BCUT2D eigenvalue weighted by atomic mass is 9.87. The first-order valence-corrected chi connectivity index (χ1v) is 16.1. The van der Waals surface area contributed by atoms with Crippen LogP contribution in [0.4, 0.5) is 0 Å². The minimum atomic E-state index is 0.464. The summed E-state index contributed by atoms with van der Waals surface area (Å²) >= 11 is 3.49. The van der Waals surface area contributed by atoms with Crippen molar-refractivity contribution in [1.82, 2.24) is 0 Å². The van der Waals surface area contributed by atoms with Crippen LogP contribution in [0.5, 0.6) is 11.5 Å². The highest BCUT2D eigenvalue weighted by atomic mass is 32.1. The monoisotopic (exact) mass is 600 g/mol. The maximum absolute atomic E-state index is 6.21. The summed E-state index contributed by atoms with van der Waals surface area (Å²) < 4.78 is 12.4. The zero-order valence-corrected chi connectivity index (χ0v) is 27.5. The number of hydrogen-bond donors (Lipinski definition) is 0. The summed E-state index contributed by atoms with van der Waals surface area (Å²) in [6.45, 7) is 14.8. The standard InChI is InChI=1S/C39H36O2S2/c1-9-10-13-29-26(6)38(40-7)36-32(20-16-27-18-22-34(42-27)24(2)3)30-14-11-12-15-31(30)33(37(36)39(29)41-8)21-17-28-19-23-35(43-28)25(4)5/h9-15,18-19,22-25H,1H2,2-8H3/b13-10-. The molecule has 5 aromatic rings. The second-order valence-electron chi connectivity index (χ2n) is 11.0. The Labute approximate surface area is 263 Å². The van der Waals surface area contributed by atoms with Gasteiger partial charge >= 0.3 is 0 Å². The molecule has 0 aliphatic carbocycles. The Morgan fingerprint density at radius 1 is 0.698 bits per heavy atom. The van der Waals surface area contributed by atoms with Crippen molar-refractivity contribution in [3.63, 3.8) is 0 Å². The first kappa shape index (κ1) is 30.2. The largest absolute Gasteiger partial charge is 0.496 e. The summed E-state index contributed by atoms with van der Waals surface area (Å²) in [7, 11) is 3.44. The zero-order chi connectivity index (χ0) is 30.7. The third kappa shape index (κ3) is 5.87. The van der Waals surface area contributed by atoms with Gasteiger partial charge in [0.05, 0.1) is 24.0 Å². The van der Waals surface area contributed by atoms with Crippen molar-refractivity contribution in [2.24, 2.45) is 0 Å². The molecule has 0 radical (unpaired) electrons. The lowest BCUT2D eigenvalue weighted by molar-refractivity contribution is 0.407. The van der Waals surface area contributed by atoms with Gasteiger partial charge < -0.3 is 9.47 Å². The number of hydrogen-bond acceptors (Lipinski definition) is 4. The van der Waals surface area contributed by atoms with Gasteiger partial charge in [0.2, 0.25) is 0 Å². The van der Waals surface area contributed by atoms with Crippen molar-refractivity contribution in [3.05, 3.63) is 109 Å². The molecule has 2 heterocycles. The van der Waals surface area contributed by atoms with Crippen LogP contribution in [0.25, 0.3) is 27.6 Å². The Bertz CT molecular complexity index is 1990. The fourth-order valence-electron chi connectivity index (χ4n) is 5.31. The summed E-state index contributed by atoms with van der Waals surface area (Å²) in [4.78, 5) is 4.73. The average Bonchev–Trinajstić information content (AvgIpc) is 3.68. The Balaban J connectivity index is 1.94. The van der Waals surface area contributed by atoms with Crippen LogP contribution in [0.15, 0.2) is 67.3 Å². The molecule has 0 saturated heterocycles. The van der Waals surface area contributed by atoms with Gasteiger partial charge in [-0.3, -0.25) is 0 Å². The molecule has 216 valence electrons. The second kappa shape index (κ2) is 13.0. The summed E-state index contributed by atoms with van der Waals surface area (Å²) in [6.07, 6.45) is 5.71. The van der Waals surface area contributed by atoms with Gasteiger partial charge in [-0.2, -0.15) is 0 Å². The Kier molecular flexibility index (Phi) is 9.12. The molecule has 0 bridgehead atoms. The van der Waals surface area contributed by atoms with Gasteiger partial charge in [-0.15, -0.1) is 22.7 Å². The van der Waals surface area contributed by atoms with E-state index in [9.17, 15) is 0 Å². The molecule has 0 aliphatic heterocycles. The van der Waals surface area contributed by atoms with E-state index in [1.807, 2.05) is 12.2 Å². The number of fused-ring (bicyclic) bond motifs is 2. The van der Waals surface area contributed by atoms with E-state index < -0.39 is 0 Å². The molecule has 0 fully saturated rings. The number of allylic oxidation sites excluding steroid dienone is 2. The third-order valence-corrected chi connectivity index (χ3v) is 10.1. The van der Waals surface area contributed by atoms with E-state index in [-0.39, 0.29) is 0 Å². The van der Waals surface area contributed by atoms with Crippen LogP contribution in [0, 0.1) is 30.6 Å². The van der Waals surface area contributed by atoms with E-state index in [0.29, 0.717) is 11.8 Å². The number of ether oxygens (including phenoxy) is 2. The Morgan fingerprint density at radius 3 is 1.60 bits per heavy atom. The highest BCUT2D eigenvalue weighted by Crippen LogP contribution is 2.47. The lowest BCUT2D eigenvalue weighted by Crippen LogP contribution is -2.02. The van der Waals surface area contributed by atoms with Gasteiger partial charge in [-0.1, -0.05) is 100 Å². The Hall–Kier alpha value is -4.22. The Morgan fingerprint density at radius 2 is 1.19 bits per heavy atom. The van der Waals surface area contributed by atoms with Crippen molar-refractivity contribution in [3.8, 4) is 35.2 Å². The fraction of sp³-hybridized carbons (Fsp3) is 0.231. The smallest absolute Gasteiger partial charge is 0.135 e. The van der Waals surface area contributed by atoms with Gasteiger partial charge in [0.25, 0.3) is 0 Å². The molecule has 2 nitrogen and oxygen atoms in total. The van der Waals surface area contributed by atoms with Gasteiger partial charge in [0, 0.05) is 42.8 Å². The number of rotatable bonds is 6. The van der Waals surface area contributed by atoms with Gasteiger partial charge in [0.1, 0.15) is 11.5 Å². The summed E-state index contributed by atoms with van der Waals surface area (Å²) in [5.41, 5.74) is 3.71. The predicted molar refractivity (Wildman–Crippen MR) is 187 cm³/mol. The van der Waals surface area contributed by atoms with Crippen molar-refractivity contribution >= 4 is 50.3 Å². The number of thiophene rings is 2. The molecular formula is C39H36O2S2. The summed E-state index contributed by atoms with van der Waals surface area (Å²) in [5.74, 6) is 16.6. The molecular weight excluding hydrogens is 565 g/mol. The molecule has 0 N–H and O–H groups in total. The van der Waals surface area contributed by atoms with E-state index >= 15 is 0 Å². The van der Waals surface area contributed by atoms with Crippen LogP contribution in [0.3, 0.4) is 0 Å². The van der Waals surface area contributed by atoms with Crippen molar-refractivity contribution < 1.29 is 9.47 Å². The first-order chi connectivity index (χ1) is 20.8. The van der Waals surface area contributed by atoms with Gasteiger partial charge in [0.15, 0.2) is 0 Å². The maximum atomic E-state index is 6.21. The highest BCUT2D eigenvalue weighted by Gasteiger charge is 2.24. The number of benzene rings is 3. The van der Waals surface area contributed by atoms with E-state index in [1.54, 1.807) is 43.0 Å². The van der Waals surface area contributed by atoms with Crippen molar-refractivity contribution in [2.75, 3.05) is 14.2 Å². The first-order valence-electron chi connectivity index (χ1n) is 14.4. The highest BCUT2D eigenvalue weighted by molar-refractivity contribution is 7.12. The van der Waals surface area contributed by atoms with E-state index in [0.717, 1.165) is 65.1 Å². The molecule has 0 aliphatic rings. The summed E-state index contributed by atoms with van der Waals surface area (Å²) in [6, 6.07) is 17.0. The third-order valence-electron chi connectivity index (χ3n) is 7.48. The minimum absolute atomic E-state index is 0.464. The van der Waals surface area contributed by atoms with Crippen LogP contribution in [-0.4, -0.2) is 14.2 Å².